The third-order valence-electron chi connectivity index (χ3n) is 2.38. The van der Waals surface area contributed by atoms with E-state index in [-0.39, 0.29) is 12.0 Å². The average molecular weight is 309 g/mol. The van der Waals surface area contributed by atoms with Crippen LogP contribution < -0.4 is 5.32 Å². The van der Waals surface area contributed by atoms with E-state index in [1.165, 1.54) is 0 Å². The van der Waals surface area contributed by atoms with Gasteiger partial charge >= 0.3 is 0 Å². The normalized spacial score (nSPS) is 11.7. The highest BCUT2D eigenvalue weighted by Crippen LogP contribution is 2.21. The molecule has 0 radical (unpaired) electrons. The molecular formula is C13H21F2NO3S. The summed E-state index contributed by atoms with van der Waals surface area (Å²) in [6, 6.07) is 3.50. The number of furan rings is 1. The molecule has 1 aromatic rings. The molecule has 1 aromatic heterocycles. The third kappa shape index (κ3) is 7.23. The van der Waals surface area contributed by atoms with Crippen molar-refractivity contribution >= 4 is 11.8 Å². The molecule has 0 aromatic carbocycles. The van der Waals surface area contributed by atoms with E-state index in [1.807, 2.05) is 13.8 Å². The Morgan fingerprint density at radius 2 is 1.85 bits per heavy atom. The maximum atomic E-state index is 12.0. The molecule has 7 heteroatoms. The zero-order chi connectivity index (χ0) is 14.8. The Morgan fingerprint density at radius 1 is 1.20 bits per heavy atom. The number of alkyl halides is 2. The second kappa shape index (κ2) is 10.1. The third-order valence-corrected chi connectivity index (χ3v) is 3.09. The molecular weight excluding hydrogens is 288 g/mol. The Morgan fingerprint density at radius 3 is 2.45 bits per heavy atom. The van der Waals surface area contributed by atoms with Crippen LogP contribution in [0.3, 0.4) is 0 Å². The summed E-state index contributed by atoms with van der Waals surface area (Å²) in [5.41, 5.74) is 0. The first-order valence-corrected chi connectivity index (χ1v) is 7.61. The minimum atomic E-state index is -2.38. The molecule has 4 nitrogen and oxygen atoms in total. The van der Waals surface area contributed by atoms with Crippen molar-refractivity contribution in [3.8, 4) is 0 Å². The van der Waals surface area contributed by atoms with Crippen LogP contribution in [-0.4, -0.2) is 31.8 Å². The lowest BCUT2D eigenvalue weighted by Gasteiger charge is -2.16. The minimum Gasteiger partial charge on any atom is -0.464 e. The van der Waals surface area contributed by atoms with Gasteiger partial charge in [0.2, 0.25) is 0 Å². The number of thioether (sulfide) groups is 1. The van der Waals surface area contributed by atoms with Crippen LogP contribution in [-0.2, 0) is 21.8 Å². The molecule has 0 unspecified atom stereocenters. The topological polar surface area (TPSA) is 43.6 Å². The molecule has 0 saturated heterocycles. The predicted octanol–water partition coefficient (Wildman–Crippen LogP) is 3.22. The van der Waals surface area contributed by atoms with Crippen LogP contribution in [0.25, 0.3) is 0 Å². The lowest BCUT2D eigenvalue weighted by atomic mass is 10.4. The van der Waals surface area contributed by atoms with E-state index in [1.54, 1.807) is 12.1 Å². The molecule has 20 heavy (non-hydrogen) atoms. The highest BCUT2D eigenvalue weighted by Gasteiger charge is 2.09. The van der Waals surface area contributed by atoms with Crippen molar-refractivity contribution in [1.82, 2.24) is 5.32 Å². The minimum absolute atomic E-state index is 0.179. The molecule has 1 heterocycles. The second-order valence-electron chi connectivity index (χ2n) is 3.91. The summed E-state index contributed by atoms with van der Waals surface area (Å²) in [5, 5.41) is 3.15. The molecule has 0 amide bonds. The highest BCUT2D eigenvalue weighted by molar-refractivity contribution is 7.98. The molecule has 0 spiro atoms. The Bertz CT molecular complexity index is 357. The van der Waals surface area contributed by atoms with Gasteiger partial charge in [-0.2, -0.15) is 8.78 Å². The van der Waals surface area contributed by atoms with Crippen LogP contribution in [0.15, 0.2) is 16.5 Å². The quantitative estimate of drug-likeness (QED) is 0.636. The summed E-state index contributed by atoms with van der Waals surface area (Å²) in [6.07, 6.45) is -0.283. The van der Waals surface area contributed by atoms with Gasteiger partial charge in [0.05, 0.1) is 12.3 Å². The van der Waals surface area contributed by atoms with Crippen molar-refractivity contribution in [2.45, 2.75) is 38.2 Å². The van der Waals surface area contributed by atoms with Crippen LogP contribution in [0.1, 0.15) is 25.4 Å². The molecule has 0 aliphatic heterocycles. The van der Waals surface area contributed by atoms with Gasteiger partial charge in [-0.05, 0) is 26.0 Å². The smallest absolute Gasteiger partial charge is 0.284 e. The monoisotopic (exact) mass is 309 g/mol. The van der Waals surface area contributed by atoms with Crippen LogP contribution >= 0.6 is 11.8 Å². The number of halogens is 2. The van der Waals surface area contributed by atoms with Crippen molar-refractivity contribution in [3.05, 3.63) is 23.7 Å². The first-order chi connectivity index (χ1) is 9.65. The van der Waals surface area contributed by atoms with E-state index in [0.717, 1.165) is 0 Å². The summed E-state index contributed by atoms with van der Waals surface area (Å²) in [6.45, 7) is 6.04. The summed E-state index contributed by atoms with van der Waals surface area (Å²) in [7, 11) is 0. The Labute approximate surface area is 122 Å². The molecule has 0 saturated carbocycles. The van der Waals surface area contributed by atoms with Gasteiger partial charge < -0.3 is 19.2 Å². The van der Waals surface area contributed by atoms with Crippen molar-refractivity contribution in [3.63, 3.8) is 0 Å². The van der Waals surface area contributed by atoms with Crippen LogP contribution in [0.5, 0.6) is 0 Å². The molecule has 0 atom stereocenters. The number of ether oxygens (including phenoxy) is 2. The van der Waals surface area contributed by atoms with E-state index in [4.69, 9.17) is 13.9 Å². The maximum Gasteiger partial charge on any atom is 0.284 e. The van der Waals surface area contributed by atoms with Gasteiger partial charge in [0.15, 0.2) is 6.29 Å². The molecule has 0 aliphatic carbocycles. The first kappa shape index (κ1) is 17.4. The highest BCUT2D eigenvalue weighted by atomic mass is 32.2. The maximum absolute atomic E-state index is 12.0. The summed E-state index contributed by atoms with van der Waals surface area (Å²) >= 11 is 0.552. The van der Waals surface area contributed by atoms with Gasteiger partial charge in [0.25, 0.3) is 5.76 Å². The van der Waals surface area contributed by atoms with Crippen molar-refractivity contribution in [2.75, 3.05) is 19.8 Å². The average Bonchev–Trinajstić information content (AvgIpc) is 2.85. The number of nitrogens with one attached hydrogen (secondary N) is 1. The molecule has 1 rings (SSSR count). The van der Waals surface area contributed by atoms with E-state index in [2.05, 4.69) is 5.32 Å². The standard InChI is InChI=1S/C13H21F2NO3S/c1-3-17-12(18-4-2)8-16-7-10-5-6-11(19-10)9-20-13(14)15/h5-6,12-13,16H,3-4,7-9H2,1-2H3. The van der Waals surface area contributed by atoms with E-state index in [9.17, 15) is 8.78 Å². The first-order valence-electron chi connectivity index (χ1n) is 6.57. The fourth-order valence-electron chi connectivity index (χ4n) is 1.59. The fraction of sp³-hybridized carbons (Fsp3) is 0.692. The molecule has 1 N–H and O–H groups in total. The molecule has 0 bridgehead atoms. The van der Waals surface area contributed by atoms with Gasteiger partial charge in [-0.1, -0.05) is 11.8 Å². The summed E-state index contributed by atoms with van der Waals surface area (Å²) in [4.78, 5) is 0. The van der Waals surface area contributed by atoms with Crippen molar-refractivity contribution in [2.24, 2.45) is 0 Å². The Balaban J connectivity index is 2.27. The molecule has 116 valence electrons. The lowest BCUT2D eigenvalue weighted by molar-refractivity contribution is -0.133. The van der Waals surface area contributed by atoms with E-state index >= 15 is 0 Å². The van der Waals surface area contributed by atoms with Gasteiger partial charge in [-0.25, -0.2) is 0 Å². The summed E-state index contributed by atoms with van der Waals surface area (Å²) < 4.78 is 40.3. The van der Waals surface area contributed by atoms with Gasteiger partial charge in [0, 0.05) is 19.8 Å². The lowest BCUT2D eigenvalue weighted by Crippen LogP contribution is -2.31. The predicted molar refractivity (Wildman–Crippen MR) is 74.8 cm³/mol. The second-order valence-corrected chi connectivity index (χ2v) is 4.89. The van der Waals surface area contributed by atoms with E-state index < -0.39 is 5.76 Å². The SMILES string of the molecule is CCOC(CNCc1ccc(CSC(F)F)o1)OCC. The van der Waals surface area contributed by atoms with Crippen LogP contribution in [0.2, 0.25) is 0 Å². The molecule has 0 fully saturated rings. The van der Waals surface area contributed by atoms with Gasteiger partial charge in [-0.3, -0.25) is 0 Å². The van der Waals surface area contributed by atoms with Crippen LogP contribution in [0, 0.1) is 0 Å². The zero-order valence-electron chi connectivity index (χ0n) is 11.7. The Kier molecular flexibility index (Phi) is 8.84. The number of hydrogen-bond acceptors (Lipinski definition) is 5. The summed E-state index contributed by atoms with van der Waals surface area (Å²) in [5.74, 6) is -0.933. The van der Waals surface area contributed by atoms with Gasteiger partial charge in [0.1, 0.15) is 11.5 Å². The fourth-order valence-corrected chi connectivity index (χ4v) is 2.04. The molecule has 0 aliphatic rings. The number of rotatable bonds is 11. The van der Waals surface area contributed by atoms with Crippen LogP contribution in [0.4, 0.5) is 8.78 Å². The largest absolute Gasteiger partial charge is 0.464 e. The van der Waals surface area contributed by atoms with Crippen molar-refractivity contribution < 1.29 is 22.7 Å². The van der Waals surface area contributed by atoms with E-state index in [0.29, 0.717) is 49.6 Å². The van der Waals surface area contributed by atoms with Gasteiger partial charge in [-0.15, -0.1) is 0 Å². The zero-order valence-corrected chi connectivity index (χ0v) is 12.6. The van der Waals surface area contributed by atoms with Crippen molar-refractivity contribution in [1.29, 1.82) is 0 Å². The Hall–Kier alpha value is -0.630. The number of hydrogen-bond donors (Lipinski definition) is 1.